The molecule has 0 spiro atoms. The SMILES string of the molecule is C1=c2ccccc2=C(N(c2ccc(-c3ccccc3)c(-c3cccc4ccccc34)c2)c2ccc(-c3ccccc3)c(-c3cccc4ccccc34)c2)CC1. The van der Waals surface area contributed by atoms with E-state index in [2.05, 4.69) is 217 Å². The molecule has 55 heavy (non-hydrogen) atoms. The van der Waals surface area contributed by atoms with Crippen molar-refractivity contribution >= 4 is 44.7 Å². The van der Waals surface area contributed by atoms with Crippen molar-refractivity contribution in [2.24, 2.45) is 0 Å². The van der Waals surface area contributed by atoms with Gasteiger partial charge in [-0.15, -0.1) is 0 Å². The maximum absolute atomic E-state index is 2.54. The van der Waals surface area contributed by atoms with Crippen LogP contribution in [0.3, 0.4) is 0 Å². The summed E-state index contributed by atoms with van der Waals surface area (Å²) in [5.74, 6) is 0. The lowest BCUT2D eigenvalue weighted by atomic mass is 9.89. The molecule has 0 unspecified atom stereocenters. The number of hydrogen-bond donors (Lipinski definition) is 0. The van der Waals surface area contributed by atoms with E-state index >= 15 is 0 Å². The van der Waals surface area contributed by atoms with E-state index in [1.807, 2.05) is 0 Å². The van der Waals surface area contributed by atoms with Crippen LogP contribution in [0.15, 0.2) is 206 Å². The maximum Gasteiger partial charge on any atom is 0.0465 e. The fraction of sp³-hybridized carbons (Fsp3) is 0.0370. The third-order valence-corrected chi connectivity index (χ3v) is 11.1. The molecule has 1 heteroatoms. The van der Waals surface area contributed by atoms with Gasteiger partial charge in [0.05, 0.1) is 0 Å². The van der Waals surface area contributed by atoms with E-state index in [1.54, 1.807) is 0 Å². The Labute approximate surface area is 322 Å². The molecule has 0 radical (unpaired) electrons. The molecule has 260 valence electrons. The highest BCUT2D eigenvalue weighted by Crippen LogP contribution is 2.44. The summed E-state index contributed by atoms with van der Waals surface area (Å²) in [5.41, 5.74) is 13.4. The van der Waals surface area contributed by atoms with Crippen molar-refractivity contribution in [3.8, 4) is 44.5 Å². The van der Waals surface area contributed by atoms with Crippen LogP contribution in [0.25, 0.3) is 77.8 Å². The molecule has 0 amide bonds. The largest absolute Gasteiger partial charge is 0.314 e. The van der Waals surface area contributed by atoms with Gasteiger partial charge in [-0.3, -0.25) is 0 Å². The van der Waals surface area contributed by atoms with Crippen LogP contribution in [0.2, 0.25) is 0 Å². The zero-order valence-corrected chi connectivity index (χ0v) is 30.6. The molecule has 10 rings (SSSR count). The molecule has 0 saturated heterocycles. The number of benzene rings is 9. The number of fused-ring (bicyclic) bond motifs is 3. The number of hydrogen-bond acceptors (Lipinski definition) is 1. The number of anilines is 2. The Hall–Kier alpha value is -6.96. The molecule has 0 N–H and O–H groups in total. The predicted octanol–water partition coefficient (Wildman–Crippen LogP) is 13.2. The van der Waals surface area contributed by atoms with E-state index in [4.69, 9.17) is 0 Å². The average Bonchev–Trinajstić information content (AvgIpc) is 3.27. The van der Waals surface area contributed by atoms with Gasteiger partial charge in [0.2, 0.25) is 0 Å². The molecule has 0 fully saturated rings. The van der Waals surface area contributed by atoms with Gasteiger partial charge in [-0.25, -0.2) is 0 Å². The average molecular weight is 702 g/mol. The first-order valence-corrected chi connectivity index (χ1v) is 19.2. The minimum Gasteiger partial charge on any atom is -0.314 e. The summed E-state index contributed by atoms with van der Waals surface area (Å²) in [6, 6.07) is 75.6. The zero-order chi connectivity index (χ0) is 36.6. The first-order valence-electron chi connectivity index (χ1n) is 19.2. The summed E-state index contributed by atoms with van der Waals surface area (Å²) >= 11 is 0. The van der Waals surface area contributed by atoms with Gasteiger partial charge in [0.1, 0.15) is 0 Å². The van der Waals surface area contributed by atoms with E-state index in [9.17, 15) is 0 Å². The minimum absolute atomic E-state index is 0.936. The van der Waals surface area contributed by atoms with Gasteiger partial charge in [0.25, 0.3) is 0 Å². The Morgan fingerprint density at radius 3 is 1.38 bits per heavy atom. The predicted molar refractivity (Wildman–Crippen MR) is 235 cm³/mol. The Morgan fingerprint density at radius 2 is 0.818 bits per heavy atom. The molecule has 9 aromatic rings. The van der Waals surface area contributed by atoms with E-state index in [0.717, 1.165) is 24.2 Å². The van der Waals surface area contributed by atoms with Gasteiger partial charge in [0, 0.05) is 22.3 Å². The van der Waals surface area contributed by atoms with Crippen molar-refractivity contribution in [2.45, 2.75) is 12.8 Å². The molecular weight excluding hydrogens is 663 g/mol. The van der Waals surface area contributed by atoms with Gasteiger partial charge >= 0.3 is 0 Å². The van der Waals surface area contributed by atoms with Crippen LogP contribution in [-0.2, 0) is 0 Å². The van der Waals surface area contributed by atoms with Gasteiger partial charge in [-0.05, 0) is 108 Å². The lowest BCUT2D eigenvalue weighted by Crippen LogP contribution is -2.35. The molecule has 1 aliphatic rings. The monoisotopic (exact) mass is 701 g/mol. The fourth-order valence-corrected chi connectivity index (χ4v) is 8.58. The van der Waals surface area contributed by atoms with Crippen LogP contribution >= 0.6 is 0 Å². The molecule has 1 nitrogen and oxygen atoms in total. The second kappa shape index (κ2) is 14.1. The van der Waals surface area contributed by atoms with Crippen molar-refractivity contribution in [1.29, 1.82) is 0 Å². The van der Waals surface area contributed by atoms with Crippen LogP contribution in [0.1, 0.15) is 12.8 Å². The molecule has 0 heterocycles. The quantitative estimate of drug-likeness (QED) is 0.160. The van der Waals surface area contributed by atoms with Gasteiger partial charge in [-0.2, -0.15) is 0 Å². The molecule has 0 aromatic heterocycles. The summed E-state index contributed by atoms with van der Waals surface area (Å²) in [4.78, 5) is 2.54. The van der Waals surface area contributed by atoms with Crippen LogP contribution in [-0.4, -0.2) is 0 Å². The third-order valence-electron chi connectivity index (χ3n) is 11.1. The summed E-state index contributed by atoms with van der Waals surface area (Å²) in [7, 11) is 0. The lowest BCUT2D eigenvalue weighted by Gasteiger charge is -2.31. The molecule has 0 aliphatic heterocycles. The van der Waals surface area contributed by atoms with Crippen molar-refractivity contribution in [1.82, 2.24) is 0 Å². The highest BCUT2D eigenvalue weighted by atomic mass is 15.1. The Balaban J connectivity index is 1.27. The van der Waals surface area contributed by atoms with Gasteiger partial charge < -0.3 is 4.90 Å². The van der Waals surface area contributed by atoms with Gasteiger partial charge in [-0.1, -0.05) is 188 Å². The van der Waals surface area contributed by atoms with E-state index in [1.165, 1.54) is 82.2 Å². The van der Waals surface area contributed by atoms with Crippen LogP contribution in [0, 0.1) is 0 Å². The smallest absolute Gasteiger partial charge is 0.0465 e. The summed E-state index contributed by atoms with van der Waals surface area (Å²) in [6.45, 7) is 0. The third kappa shape index (κ3) is 6.01. The fourth-order valence-electron chi connectivity index (χ4n) is 8.58. The first-order chi connectivity index (χ1) is 27.3. The highest BCUT2D eigenvalue weighted by Gasteiger charge is 2.22. The Bertz CT molecular complexity index is 2800. The van der Waals surface area contributed by atoms with Crippen LogP contribution in [0.5, 0.6) is 0 Å². The van der Waals surface area contributed by atoms with Crippen molar-refractivity contribution in [3.05, 3.63) is 217 Å². The molecular formula is C54H39N. The van der Waals surface area contributed by atoms with E-state index in [-0.39, 0.29) is 0 Å². The Morgan fingerprint density at radius 1 is 0.345 bits per heavy atom. The molecule has 0 bridgehead atoms. The standard InChI is InChI=1S/C54H39N/c1-3-16-38(17-4-1)47-34-32-43(36-52(47)50-29-13-23-40-20-7-10-26-45(40)50)55(54-31-15-25-42-22-9-12-28-49(42)54)44-33-35-48(39-18-5-2-6-19-39)53(37-44)51-30-14-24-41-21-8-11-27-46(41)51/h1-14,16-30,32-37H,15,31H2. The van der Waals surface area contributed by atoms with E-state index in [0.29, 0.717) is 0 Å². The normalized spacial score (nSPS) is 12.3. The molecule has 1 aliphatic carbocycles. The van der Waals surface area contributed by atoms with Crippen LogP contribution in [0.4, 0.5) is 11.4 Å². The zero-order valence-electron chi connectivity index (χ0n) is 30.6. The van der Waals surface area contributed by atoms with Crippen LogP contribution < -0.4 is 15.3 Å². The topological polar surface area (TPSA) is 3.24 Å². The molecule has 9 aromatic carbocycles. The van der Waals surface area contributed by atoms with Crippen molar-refractivity contribution in [2.75, 3.05) is 4.90 Å². The lowest BCUT2D eigenvalue weighted by molar-refractivity contribution is 1.03. The molecule has 0 atom stereocenters. The maximum atomic E-state index is 2.54. The second-order valence-corrected chi connectivity index (χ2v) is 14.4. The number of nitrogens with zero attached hydrogens (tertiary/aromatic N) is 1. The summed E-state index contributed by atoms with van der Waals surface area (Å²) in [6.07, 6.45) is 4.31. The first kappa shape index (κ1) is 32.7. The van der Waals surface area contributed by atoms with Gasteiger partial charge in [0.15, 0.2) is 0 Å². The van der Waals surface area contributed by atoms with Crippen molar-refractivity contribution < 1.29 is 0 Å². The molecule has 0 saturated carbocycles. The highest BCUT2D eigenvalue weighted by molar-refractivity contribution is 6.04. The Kier molecular flexibility index (Phi) is 8.39. The summed E-state index contributed by atoms with van der Waals surface area (Å²) < 4.78 is 0. The van der Waals surface area contributed by atoms with E-state index < -0.39 is 0 Å². The summed E-state index contributed by atoms with van der Waals surface area (Å²) in [5, 5.41) is 7.56. The second-order valence-electron chi connectivity index (χ2n) is 14.4. The van der Waals surface area contributed by atoms with Crippen molar-refractivity contribution in [3.63, 3.8) is 0 Å². The minimum atomic E-state index is 0.936. The number of rotatable bonds is 7.